The minimum absolute atomic E-state index is 0.323. The van der Waals surface area contributed by atoms with Gasteiger partial charge in [-0.3, -0.25) is 5.43 Å². The molecule has 1 heterocycles. The van der Waals surface area contributed by atoms with Crippen LogP contribution < -0.4 is 5.43 Å². The van der Waals surface area contributed by atoms with Crippen LogP contribution in [0.1, 0.15) is 11.1 Å². The molecule has 76 valence electrons. The van der Waals surface area contributed by atoms with Gasteiger partial charge in [-0.2, -0.15) is 0 Å². The van der Waals surface area contributed by atoms with Gasteiger partial charge in [0.15, 0.2) is 0 Å². The molecule has 1 aliphatic heterocycles. The van der Waals surface area contributed by atoms with E-state index in [-0.39, 0.29) is 6.67 Å². The molecule has 1 aliphatic rings. The van der Waals surface area contributed by atoms with Crippen molar-refractivity contribution in [3.8, 4) is 0 Å². The quantitative estimate of drug-likeness (QED) is 0.895. The van der Waals surface area contributed by atoms with Crippen LogP contribution in [-0.4, -0.2) is 18.2 Å². The molecule has 0 bridgehead atoms. The smallest absolute Gasteiger partial charge is 0.103 e. The molecule has 0 aliphatic carbocycles. The summed E-state index contributed by atoms with van der Waals surface area (Å²) in [6.07, 6.45) is 0. The van der Waals surface area contributed by atoms with Gasteiger partial charge in [-0.15, -0.1) is 0 Å². The lowest BCUT2D eigenvalue weighted by Gasteiger charge is -2.14. The van der Waals surface area contributed by atoms with Gasteiger partial charge < -0.3 is 0 Å². The number of nitrogens with zero attached hydrogens (tertiary/aromatic N) is 1. The highest BCUT2D eigenvalue weighted by atomic mass is 79.9. The fourth-order valence-corrected chi connectivity index (χ4v) is 2.08. The Balaban J connectivity index is 2.03. The normalized spacial score (nSPS) is 15.9. The standard InChI is InChI=1S/C10H12BrFN2/c11-10-2-1-8-6-14(13-4-3-12)7-9(8)5-10/h1-2,5,13H,3-4,6-7H2. The minimum atomic E-state index is -0.323. The SMILES string of the molecule is FCCNN1Cc2ccc(Br)cc2C1. The average molecular weight is 259 g/mol. The van der Waals surface area contributed by atoms with Crippen LogP contribution in [0.3, 0.4) is 0 Å². The zero-order valence-electron chi connectivity index (χ0n) is 7.76. The van der Waals surface area contributed by atoms with Crippen LogP contribution >= 0.6 is 15.9 Å². The number of benzene rings is 1. The maximum atomic E-state index is 11.9. The van der Waals surface area contributed by atoms with E-state index in [0.717, 1.165) is 17.6 Å². The van der Waals surface area contributed by atoms with E-state index in [1.54, 1.807) is 0 Å². The molecule has 1 aromatic rings. The maximum Gasteiger partial charge on any atom is 0.103 e. The molecule has 0 saturated heterocycles. The lowest BCUT2D eigenvalue weighted by atomic mass is 10.1. The maximum absolute atomic E-state index is 11.9. The summed E-state index contributed by atoms with van der Waals surface area (Å²) in [7, 11) is 0. The number of hydrogen-bond donors (Lipinski definition) is 1. The third kappa shape index (κ3) is 2.13. The van der Waals surface area contributed by atoms with Gasteiger partial charge in [-0.1, -0.05) is 22.0 Å². The van der Waals surface area contributed by atoms with Crippen molar-refractivity contribution < 1.29 is 4.39 Å². The Kier molecular flexibility index (Phi) is 3.15. The predicted octanol–water partition coefficient (Wildman–Crippen LogP) is 2.24. The van der Waals surface area contributed by atoms with Gasteiger partial charge in [0, 0.05) is 24.1 Å². The second-order valence-corrected chi connectivity index (χ2v) is 4.28. The number of hydrazine groups is 1. The molecule has 0 amide bonds. The van der Waals surface area contributed by atoms with Gasteiger partial charge in [0.05, 0.1) is 0 Å². The summed E-state index contributed by atoms with van der Waals surface area (Å²) in [6.45, 7) is 1.79. The van der Waals surface area contributed by atoms with Crippen LogP contribution in [0.4, 0.5) is 4.39 Å². The van der Waals surface area contributed by atoms with E-state index in [1.165, 1.54) is 11.1 Å². The van der Waals surface area contributed by atoms with Gasteiger partial charge in [0.2, 0.25) is 0 Å². The average Bonchev–Trinajstić information content (AvgIpc) is 2.56. The zero-order chi connectivity index (χ0) is 9.97. The number of fused-ring (bicyclic) bond motifs is 1. The number of hydrogen-bond acceptors (Lipinski definition) is 2. The van der Waals surface area contributed by atoms with Gasteiger partial charge in [-0.25, -0.2) is 9.40 Å². The van der Waals surface area contributed by atoms with E-state index in [0.29, 0.717) is 6.54 Å². The van der Waals surface area contributed by atoms with E-state index < -0.39 is 0 Å². The van der Waals surface area contributed by atoms with E-state index >= 15 is 0 Å². The Hall–Kier alpha value is -0.450. The zero-order valence-corrected chi connectivity index (χ0v) is 9.35. The highest BCUT2D eigenvalue weighted by molar-refractivity contribution is 9.10. The van der Waals surface area contributed by atoms with Crippen molar-refractivity contribution in [2.24, 2.45) is 0 Å². The number of alkyl halides is 1. The molecule has 0 unspecified atom stereocenters. The second-order valence-electron chi connectivity index (χ2n) is 3.37. The molecule has 4 heteroatoms. The van der Waals surface area contributed by atoms with Crippen LogP contribution in [0.15, 0.2) is 22.7 Å². The highest BCUT2D eigenvalue weighted by Crippen LogP contribution is 2.24. The first-order valence-corrected chi connectivity index (χ1v) is 5.40. The molecule has 0 atom stereocenters. The van der Waals surface area contributed by atoms with Gasteiger partial charge in [0.25, 0.3) is 0 Å². The Morgan fingerprint density at radius 2 is 2.14 bits per heavy atom. The fraction of sp³-hybridized carbons (Fsp3) is 0.400. The molecular weight excluding hydrogens is 247 g/mol. The molecule has 0 fully saturated rings. The molecule has 1 aromatic carbocycles. The summed E-state index contributed by atoms with van der Waals surface area (Å²) in [5.41, 5.74) is 5.67. The lowest BCUT2D eigenvalue weighted by molar-refractivity contribution is 0.183. The summed E-state index contributed by atoms with van der Waals surface area (Å²) in [4.78, 5) is 0. The molecule has 1 N–H and O–H groups in total. The molecule has 0 saturated carbocycles. The van der Waals surface area contributed by atoms with Crippen molar-refractivity contribution in [2.75, 3.05) is 13.2 Å². The summed E-state index contributed by atoms with van der Waals surface area (Å²) in [6, 6.07) is 6.26. The van der Waals surface area contributed by atoms with Crippen molar-refractivity contribution in [1.29, 1.82) is 0 Å². The van der Waals surface area contributed by atoms with Gasteiger partial charge in [-0.05, 0) is 23.3 Å². The Morgan fingerprint density at radius 1 is 1.36 bits per heavy atom. The van der Waals surface area contributed by atoms with Crippen molar-refractivity contribution in [3.63, 3.8) is 0 Å². The van der Waals surface area contributed by atoms with E-state index in [2.05, 4.69) is 33.5 Å². The van der Waals surface area contributed by atoms with E-state index in [9.17, 15) is 4.39 Å². The van der Waals surface area contributed by atoms with Crippen LogP contribution in [0.2, 0.25) is 0 Å². The van der Waals surface area contributed by atoms with E-state index in [4.69, 9.17) is 0 Å². The van der Waals surface area contributed by atoms with Crippen molar-refractivity contribution in [1.82, 2.24) is 10.4 Å². The summed E-state index contributed by atoms with van der Waals surface area (Å²) >= 11 is 3.44. The Morgan fingerprint density at radius 3 is 2.93 bits per heavy atom. The fourth-order valence-electron chi connectivity index (χ4n) is 1.68. The van der Waals surface area contributed by atoms with Crippen LogP contribution in [0, 0.1) is 0 Å². The number of halogens is 2. The summed E-state index contributed by atoms with van der Waals surface area (Å²) < 4.78 is 13.0. The number of nitrogens with one attached hydrogen (secondary N) is 1. The molecule has 0 spiro atoms. The predicted molar refractivity (Wildman–Crippen MR) is 57.4 cm³/mol. The van der Waals surface area contributed by atoms with Crippen molar-refractivity contribution >= 4 is 15.9 Å². The molecule has 2 nitrogen and oxygen atoms in total. The molecule has 0 radical (unpaired) electrons. The largest absolute Gasteiger partial charge is 0.252 e. The summed E-state index contributed by atoms with van der Waals surface area (Å²) in [5, 5.41) is 2.04. The van der Waals surface area contributed by atoms with E-state index in [1.807, 2.05) is 11.1 Å². The third-order valence-electron chi connectivity index (χ3n) is 2.32. The highest BCUT2D eigenvalue weighted by Gasteiger charge is 2.17. The van der Waals surface area contributed by atoms with Crippen LogP contribution in [-0.2, 0) is 13.1 Å². The monoisotopic (exact) mass is 258 g/mol. The lowest BCUT2D eigenvalue weighted by Crippen LogP contribution is -2.34. The summed E-state index contributed by atoms with van der Waals surface area (Å²) in [5.74, 6) is 0. The first kappa shape index (κ1) is 10.1. The molecule has 2 rings (SSSR count). The molecule has 0 aromatic heterocycles. The van der Waals surface area contributed by atoms with Crippen molar-refractivity contribution in [3.05, 3.63) is 33.8 Å². The topological polar surface area (TPSA) is 15.3 Å². The van der Waals surface area contributed by atoms with Crippen LogP contribution in [0.25, 0.3) is 0 Å². The third-order valence-corrected chi connectivity index (χ3v) is 2.81. The Labute approximate surface area is 91.2 Å². The van der Waals surface area contributed by atoms with Crippen LogP contribution in [0.5, 0.6) is 0 Å². The second kappa shape index (κ2) is 4.38. The first-order chi connectivity index (χ1) is 6.79. The molecular formula is C10H12BrFN2. The minimum Gasteiger partial charge on any atom is -0.252 e. The number of rotatable bonds is 3. The molecule has 14 heavy (non-hydrogen) atoms. The van der Waals surface area contributed by atoms with Gasteiger partial charge >= 0.3 is 0 Å². The Bertz CT molecular complexity index is 330. The first-order valence-electron chi connectivity index (χ1n) is 4.61. The van der Waals surface area contributed by atoms with Gasteiger partial charge in [0.1, 0.15) is 6.67 Å². The van der Waals surface area contributed by atoms with Crippen molar-refractivity contribution in [2.45, 2.75) is 13.1 Å².